The SMILES string of the molecule is COc1ccc(OCCOc2ccc(CN)nc2)cc1. The number of benzene rings is 1. The first kappa shape index (κ1) is 14.1. The van der Waals surface area contributed by atoms with Gasteiger partial charge < -0.3 is 19.9 Å². The van der Waals surface area contributed by atoms with Gasteiger partial charge in [-0.25, -0.2) is 0 Å². The number of rotatable bonds is 7. The van der Waals surface area contributed by atoms with Crippen molar-refractivity contribution >= 4 is 0 Å². The lowest BCUT2D eigenvalue weighted by Crippen LogP contribution is -2.09. The molecule has 0 amide bonds. The summed E-state index contributed by atoms with van der Waals surface area (Å²) >= 11 is 0. The number of hydrogen-bond acceptors (Lipinski definition) is 5. The fourth-order valence-electron chi connectivity index (χ4n) is 1.61. The van der Waals surface area contributed by atoms with Gasteiger partial charge in [0, 0.05) is 6.54 Å². The predicted molar refractivity (Wildman–Crippen MR) is 76.1 cm³/mol. The van der Waals surface area contributed by atoms with Crippen LogP contribution in [0.25, 0.3) is 0 Å². The number of methoxy groups -OCH3 is 1. The maximum absolute atomic E-state index is 5.55. The summed E-state index contributed by atoms with van der Waals surface area (Å²) < 4.78 is 16.1. The molecule has 0 radical (unpaired) electrons. The monoisotopic (exact) mass is 274 g/mol. The summed E-state index contributed by atoms with van der Waals surface area (Å²) in [5, 5.41) is 0. The average Bonchev–Trinajstić information content (AvgIpc) is 2.53. The zero-order chi connectivity index (χ0) is 14.2. The van der Waals surface area contributed by atoms with Crippen LogP contribution in [0.15, 0.2) is 42.6 Å². The Hall–Kier alpha value is -2.27. The lowest BCUT2D eigenvalue weighted by molar-refractivity contribution is 0.216. The summed E-state index contributed by atoms with van der Waals surface area (Å²) in [4.78, 5) is 4.15. The van der Waals surface area contributed by atoms with Crippen LogP contribution in [0.1, 0.15) is 5.69 Å². The normalized spacial score (nSPS) is 10.1. The molecule has 0 saturated carbocycles. The van der Waals surface area contributed by atoms with E-state index >= 15 is 0 Å². The molecule has 2 N–H and O–H groups in total. The summed E-state index contributed by atoms with van der Waals surface area (Å²) in [5.74, 6) is 2.30. The van der Waals surface area contributed by atoms with E-state index in [2.05, 4.69) is 4.98 Å². The number of pyridine rings is 1. The van der Waals surface area contributed by atoms with Crippen LogP contribution < -0.4 is 19.9 Å². The minimum Gasteiger partial charge on any atom is -0.497 e. The second-order valence-corrected chi connectivity index (χ2v) is 4.06. The van der Waals surface area contributed by atoms with Crippen molar-refractivity contribution in [3.63, 3.8) is 0 Å². The molecule has 0 aliphatic carbocycles. The van der Waals surface area contributed by atoms with Gasteiger partial charge in [0.25, 0.3) is 0 Å². The van der Waals surface area contributed by atoms with E-state index in [9.17, 15) is 0 Å². The first-order valence-corrected chi connectivity index (χ1v) is 6.36. The van der Waals surface area contributed by atoms with Gasteiger partial charge in [-0.2, -0.15) is 0 Å². The van der Waals surface area contributed by atoms with Crippen molar-refractivity contribution in [3.8, 4) is 17.2 Å². The van der Waals surface area contributed by atoms with Gasteiger partial charge in [0.05, 0.1) is 19.0 Å². The first-order chi connectivity index (χ1) is 9.81. The molecule has 0 atom stereocenters. The van der Waals surface area contributed by atoms with E-state index in [4.69, 9.17) is 19.9 Å². The van der Waals surface area contributed by atoms with Crippen molar-refractivity contribution < 1.29 is 14.2 Å². The van der Waals surface area contributed by atoms with E-state index in [1.807, 2.05) is 36.4 Å². The molecule has 5 nitrogen and oxygen atoms in total. The summed E-state index contributed by atoms with van der Waals surface area (Å²) in [6.07, 6.45) is 1.66. The molecular formula is C15H18N2O3. The van der Waals surface area contributed by atoms with E-state index in [1.165, 1.54) is 0 Å². The Balaban J connectivity index is 1.72. The Morgan fingerprint density at radius 2 is 1.50 bits per heavy atom. The number of aromatic nitrogens is 1. The van der Waals surface area contributed by atoms with Gasteiger partial charge in [-0.15, -0.1) is 0 Å². The summed E-state index contributed by atoms with van der Waals surface area (Å²) in [7, 11) is 1.63. The number of nitrogens with zero attached hydrogens (tertiary/aromatic N) is 1. The van der Waals surface area contributed by atoms with E-state index < -0.39 is 0 Å². The predicted octanol–water partition coefficient (Wildman–Crippen LogP) is 2.01. The molecule has 0 aliphatic heterocycles. The maximum atomic E-state index is 5.55. The van der Waals surface area contributed by atoms with Crippen molar-refractivity contribution in [3.05, 3.63) is 48.3 Å². The molecule has 0 aliphatic rings. The topological polar surface area (TPSA) is 66.6 Å². The molecule has 1 heterocycles. The molecule has 0 unspecified atom stereocenters. The van der Waals surface area contributed by atoms with Crippen molar-refractivity contribution in [2.24, 2.45) is 5.73 Å². The molecule has 5 heteroatoms. The highest BCUT2D eigenvalue weighted by atomic mass is 16.5. The highest BCUT2D eigenvalue weighted by Crippen LogP contribution is 2.17. The van der Waals surface area contributed by atoms with Gasteiger partial charge >= 0.3 is 0 Å². The minimum absolute atomic E-state index is 0.431. The molecule has 0 spiro atoms. The maximum Gasteiger partial charge on any atom is 0.137 e. The van der Waals surface area contributed by atoms with Gasteiger partial charge in [-0.1, -0.05) is 0 Å². The highest BCUT2D eigenvalue weighted by Gasteiger charge is 1.98. The molecule has 20 heavy (non-hydrogen) atoms. The highest BCUT2D eigenvalue weighted by molar-refractivity contribution is 5.31. The largest absolute Gasteiger partial charge is 0.497 e. The molecule has 106 valence electrons. The number of nitrogens with two attached hydrogens (primary N) is 1. The van der Waals surface area contributed by atoms with E-state index in [1.54, 1.807) is 13.3 Å². The lowest BCUT2D eigenvalue weighted by Gasteiger charge is -2.09. The molecule has 1 aromatic carbocycles. The van der Waals surface area contributed by atoms with Crippen LogP contribution in [0.4, 0.5) is 0 Å². The van der Waals surface area contributed by atoms with E-state index in [0.717, 1.165) is 17.2 Å². The van der Waals surface area contributed by atoms with Gasteiger partial charge in [0.15, 0.2) is 0 Å². The van der Waals surface area contributed by atoms with Crippen LogP contribution in [-0.2, 0) is 6.54 Å². The van der Waals surface area contributed by atoms with E-state index in [0.29, 0.717) is 25.5 Å². The Kier molecular flexibility index (Phi) is 5.20. The molecule has 2 aromatic rings. The smallest absolute Gasteiger partial charge is 0.137 e. The Bertz CT molecular complexity index is 462. The van der Waals surface area contributed by atoms with Crippen molar-refractivity contribution in [1.82, 2.24) is 4.98 Å². The van der Waals surface area contributed by atoms with Gasteiger partial charge in [-0.05, 0) is 36.4 Å². The average molecular weight is 274 g/mol. The first-order valence-electron chi connectivity index (χ1n) is 6.36. The van der Waals surface area contributed by atoms with Crippen molar-refractivity contribution in [2.45, 2.75) is 6.54 Å². The molecule has 0 fully saturated rings. The zero-order valence-corrected chi connectivity index (χ0v) is 11.4. The number of ether oxygens (including phenoxy) is 3. The Morgan fingerprint density at radius 3 is 2.05 bits per heavy atom. The van der Waals surface area contributed by atoms with Crippen LogP contribution in [-0.4, -0.2) is 25.3 Å². The molecule has 1 aromatic heterocycles. The second kappa shape index (κ2) is 7.35. The third-order valence-corrected chi connectivity index (χ3v) is 2.69. The molecule has 0 saturated heterocycles. The Morgan fingerprint density at radius 1 is 0.900 bits per heavy atom. The van der Waals surface area contributed by atoms with Gasteiger partial charge in [-0.3, -0.25) is 4.98 Å². The third-order valence-electron chi connectivity index (χ3n) is 2.69. The minimum atomic E-state index is 0.431. The van der Waals surface area contributed by atoms with Gasteiger partial charge in [0.2, 0.25) is 0 Å². The Labute approximate surface area is 118 Å². The number of hydrogen-bond donors (Lipinski definition) is 1. The molecule has 0 bridgehead atoms. The van der Waals surface area contributed by atoms with E-state index in [-0.39, 0.29) is 0 Å². The van der Waals surface area contributed by atoms with Crippen LogP contribution in [0.3, 0.4) is 0 Å². The fourth-order valence-corrected chi connectivity index (χ4v) is 1.61. The van der Waals surface area contributed by atoms with Crippen molar-refractivity contribution in [1.29, 1.82) is 0 Å². The summed E-state index contributed by atoms with van der Waals surface area (Å²) in [6, 6.07) is 11.1. The van der Waals surface area contributed by atoms with Crippen LogP contribution in [0.2, 0.25) is 0 Å². The van der Waals surface area contributed by atoms with Gasteiger partial charge in [0.1, 0.15) is 30.5 Å². The quantitative estimate of drug-likeness (QED) is 0.782. The standard InChI is InChI=1S/C15H18N2O3/c1-18-13-4-6-14(7-5-13)19-8-9-20-15-3-2-12(10-16)17-11-15/h2-7,11H,8-10,16H2,1H3. The lowest BCUT2D eigenvalue weighted by atomic mass is 10.3. The van der Waals surface area contributed by atoms with Crippen LogP contribution in [0, 0.1) is 0 Å². The fraction of sp³-hybridized carbons (Fsp3) is 0.267. The third kappa shape index (κ3) is 4.13. The molecular weight excluding hydrogens is 256 g/mol. The molecule has 2 rings (SSSR count). The van der Waals surface area contributed by atoms with Crippen LogP contribution in [0.5, 0.6) is 17.2 Å². The van der Waals surface area contributed by atoms with Crippen LogP contribution >= 0.6 is 0 Å². The summed E-state index contributed by atoms with van der Waals surface area (Å²) in [6.45, 7) is 1.35. The second-order valence-electron chi connectivity index (χ2n) is 4.06. The zero-order valence-electron chi connectivity index (χ0n) is 11.4. The van der Waals surface area contributed by atoms with Crippen molar-refractivity contribution in [2.75, 3.05) is 20.3 Å². The summed E-state index contributed by atoms with van der Waals surface area (Å²) in [5.41, 5.74) is 6.31.